The monoisotopic (exact) mass is 273 g/mol. The van der Waals surface area contributed by atoms with Crippen LogP contribution in [0.25, 0.3) is 0 Å². The van der Waals surface area contributed by atoms with Gasteiger partial charge in [-0.05, 0) is 43.9 Å². The van der Waals surface area contributed by atoms with E-state index in [-0.39, 0.29) is 0 Å². The number of anilines is 1. The second-order valence-electron chi connectivity index (χ2n) is 6.58. The molecule has 2 aliphatic rings. The van der Waals surface area contributed by atoms with Gasteiger partial charge < -0.3 is 10.2 Å². The van der Waals surface area contributed by atoms with Crippen molar-refractivity contribution in [1.82, 2.24) is 10.2 Å². The predicted molar refractivity (Wildman–Crippen MR) is 85.4 cm³/mol. The second kappa shape index (κ2) is 5.74. The molecule has 110 valence electrons. The van der Waals surface area contributed by atoms with E-state index in [1.165, 1.54) is 36.2 Å². The van der Waals surface area contributed by atoms with E-state index in [9.17, 15) is 0 Å². The number of nitrogens with zero attached hydrogens (tertiary/aromatic N) is 2. The zero-order chi connectivity index (χ0) is 14.1. The molecule has 3 rings (SSSR count). The average molecular weight is 273 g/mol. The molecule has 2 atom stereocenters. The summed E-state index contributed by atoms with van der Waals surface area (Å²) < 4.78 is 0. The molecule has 2 unspecified atom stereocenters. The molecule has 0 bridgehead atoms. The first-order chi connectivity index (χ1) is 9.63. The molecule has 2 aliphatic heterocycles. The molecule has 1 aromatic carbocycles. The van der Waals surface area contributed by atoms with Crippen LogP contribution in [0.4, 0.5) is 5.69 Å². The molecule has 2 heterocycles. The molecular weight excluding hydrogens is 246 g/mol. The number of piperazine rings is 1. The minimum atomic E-state index is 0.606. The lowest BCUT2D eigenvalue weighted by atomic mass is 9.99. The molecular formula is C17H27N3. The molecule has 20 heavy (non-hydrogen) atoms. The number of rotatable bonds is 2. The van der Waals surface area contributed by atoms with Crippen LogP contribution >= 0.6 is 0 Å². The maximum absolute atomic E-state index is 3.55. The smallest absolute Gasteiger partial charge is 0.0396 e. The Bertz CT molecular complexity index is 471. The molecule has 0 spiro atoms. The average Bonchev–Trinajstić information content (AvgIpc) is 2.43. The van der Waals surface area contributed by atoms with E-state index in [0.29, 0.717) is 12.1 Å². The first kappa shape index (κ1) is 13.9. The standard InChI is InChI=1S/C17H27N3/c1-13-11-20(14(2)10-18-13)12-15-6-7-17-16(9-15)5-4-8-19(17)3/h6-7,9,13-14,18H,4-5,8,10-12H2,1-3H3. The molecule has 3 nitrogen and oxygen atoms in total. The van der Waals surface area contributed by atoms with Gasteiger partial charge in [0.2, 0.25) is 0 Å². The fourth-order valence-electron chi connectivity index (χ4n) is 3.49. The van der Waals surface area contributed by atoms with Gasteiger partial charge in [-0.1, -0.05) is 12.1 Å². The van der Waals surface area contributed by atoms with E-state index in [1.807, 2.05) is 0 Å². The zero-order valence-electron chi connectivity index (χ0n) is 13.0. The number of nitrogens with one attached hydrogen (secondary N) is 1. The molecule has 0 aliphatic carbocycles. The highest BCUT2D eigenvalue weighted by Gasteiger charge is 2.22. The summed E-state index contributed by atoms with van der Waals surface area (Å²) in [4.78, 5) is 4.99. The topological polar surface area (TPSA) is 18.5 Å². The van der Waals surface area contributed by atoms with Gasteiger partial charge >= 0.3 is 0 Å². The number of benzene rings is 1. The Labute approximate surface area is 123 Å². The van der Waals surface area contributed by atoms with Gasteiger partial charge in [0.25, 0.3) is 0 Å². The summed E-state index contributed by atoms with van der Waals surface area (Å²) in [5, 5.41) is 3.55. The third kappa shape index (κ3) is 2.84. The third-order valence-corrected chi connectivity index (χ3v) is 4.77. The van der Waals surface area contributed by atoms with Crippen LogP contribution in [-0.4, -0.2) is 43.7 Å². The molecule has 0 amide bonds. The minimum Gasteiger partial charge on any atom is -0.374 e. The third-order valence-electron chi connectivity index (χ3n) is 4.77. The molecule has 1 aromatic rings. The molecule has 1 N–H and O–H groups in total. The van der Waals surface area contributed by atoms with Crippen LogP contribution in [0.15, 0.2) is 18.2 Å². The summed E-state index contributed by atoms with van der Waals surface area (Å²) in [6.07, 6.45) is 2.52. The van der Waals surface area contributed by atoms with E-state index in [2.05, 4.69) is 54.2 Å². The Morgan fingerprint density at radius 1 is 1.30 bits per heavy atom. The molecule has 0 radical (unpaired) electrons. The predicted octanol–water partition coefficient (Wildman–Crippen LogP) is 2.25. The van der Waals surface area contributed by atoms with Crippen molar-refractivity contribution in [2.45, 2.75) is 45.3 Å². The van der Waals surface area contributed by atoms with Crippen molar-refractivity contribution in [3.05, 3.63) is 29.3 Å². The summed E-state index contributed by atoms with van der Waals surface area (Å²) in [5.74, 6) is 0. The van der Waals surface area contributed by atoms with Gasteiger partial charge in [-0.2, -0.15) is 0 Å². The van der Waals surface area contributed by atoms with Crippen LogP contribution in [0.1, 0.15) is 31.4 Å². The Morgan fingerprint density at radius 2 is 2.15 bits per heavy atom. The van der Waals surface area contributed by atoms with E-state index < -0.39 is 0 Å². The van der Waals surface area contributed by atoms with E-state index in [1.54, 1.807) is 0 Å². The van der Waals surface area contributed by atoms with Gasteiger partial charge in [0, 0.05) is 51.0 Å². The number of fused-ring (bicyclic) bond motifs is 1. The number of hydrogen-bond donors (Lipinski definition) is 1. The number of aryl methyl sites for hydroxylation is 1. The van der Waals surface area contributed by atoms with Crippen LogP contribution in [0.2, 0.25) is 0 Å². The molecule has 0 saturated carbocycles. The fraction of sp³-hybridized carbons (Fsp3) is 0.647. The zero-order valence-corrected chi connectivity index (χ0v) is 13.0. The highest BCUT2D eigenvalue weighted by Crippen LogP contribution is 2.27. The maximum Gasteiger partial charge on any atom is 0.0396 e. The fourth-order valence-corrected chi connectivity index (χ4v) is 3.49. The molecule has 0 aromatic heterocycles. The van der Waals surface area contributed by atoms with Gasteiger partial charge in [0.05, 0.1) is 0 Å². The molecule has 1 fully saturated rings. The maximum atomic E-state index is 3.55. The first-order valence-electron chi connectivity index (χ1n) is 7.94. The largest absolute Gasteiger partial charge is 0.374 e. The normalized spacial score (nSPS) is 27.4. The van der Waals surface area contributed by atoms with E-state index >= 15 is 0 Å². The summed E-state index contributed by atoms with van der Waals surface area (Å²) in [6.45, 7) is 9.14. The van der Waals surface area contributed by atoms with Gasteiger partial charge in [-0.3, -0.25) is 4.90 Å². The van der Waals surface area contributed by atoms with Crippen molar-refractivity contribution in [3.63, 3.8) is 0 Å². The van der Waals surface area contributed by atoms with Crippen LogP contribution in [0.3, 0.4) is 0 Å². The quantitative estimate of drug-likeness (QED) is 0.891. The Hall–Kier alpha value is -1.06. The summed E-state index contributed by atoms with van der Waals surface area (Å²) in [5.41, 5.74) is 4.44. The second-order valence-corrected chi connectivity index (χ2v) is 6.58. The van der Waals surface area contributed by atoms with Gasteiger partial charge in [-0.25, -0.2) is 0 Å². The Morgan fingerprint density at radius 3 is 3.00 bits per heavy atom. The highest BCUT2D eigenvalue weighted by molar-refractivity contribution is 5.56. The van der Waals surface area contributed by atoms with Crippen molar-refractivity contribution < 1.29 is 0 Å². The Kier molecular flexibility index (Phi) is 3.99. The van der Waals surface area contributed by atoms with Crippen molar-refractivity contribution in [3.8, 4) is 0 Å². The van der Waals surface area contributed by atoms with Crippen molar-refractivity contribution in [2.75, 3.05) is 31.6 Å². The highest BCUT2D eigenvalue weighted by atomic mass is 15.2. The summed E-state index contributed by atoms with van der Waals surface area (Å²) >= 11 is 0. The van der Waals surface area contributed by atoms with E-state index in [4.69, 9.17) is 0 Å². The SMILES string of the molecule is CC1CN(Cc2ccc3c(c2)CCCN3C)C(C)CN1. The molecule has 1 saturated heterocycles. The lowest BCUT2D eigenvalue weighted by molar-refractivity contribution is 0.139. The minimum absolute atomic E-state index is 0.606. The first-order valence-corrected chi connectivity index (χ1v) is 7.94. The van der Waals surface area contributed by atoms with Crippen LogP contribution in [0.5, 0.6) is 0 Å². The van der Waals surface area contributed by atoms with E-state index in [0.717, 1.165) is 19.6 Å². The van der Waals surface area contributed by atoms with Crippen molar-refractivity contribution in [1.29, 1.82) is 0 Å². The Balaban J connectivity index is 1.74. The van der Waals surface area contributed by atoms with Crippen LogP contribution in [0, 0.1) is 0 Å². The van der Waals surface area contributed by atoms with Crippen LogP contribution in [-0.2, 0) is 13.0 Å². The lowest BCUT2D eigenvalue weighted by Gasteiger charge is -2.37. The summed E-state index contributed by atoms with van der Waals surface area (Å²) in [7, 11) is 2.21. The van der Waals surface area contributed by atoms with Crippen LogP contribution < -0.4 is 10.2 Å². The van der Waals surface area contributed by atoms with Crippen molar-refractivity contribution in [2.24, 2.45) is 0 Å². The lowest BCUT2D eigenvalue weighted by Crippen LogP contribution is -2.53. The molecule has 3 heteroatoms. The van der Waals surface area contributed by atoms with Gasteiger partial charge in [0.15, 0.2) is 0 Å². The van der Waals surface area contributed by atoms with Crippen molar-refractivity contribution >= 4 is 5.69 Å². The van der Waals surface area contributed by atoms with Gasteiger partial charge in [-0.15, -0.1) is 0 Å². The number of hydrogen-bond acceptors (Lipinski definition) is 3. The summed E-state index contributed by atoms with van der Waals surface area (Å²) in [6, 6.07) is 8.31. The van der Waals surface area contributed by atoms with Gasteiger partial charge in [0.1, 0.15) is 0 Å².